The van der Waals surface area contributed by atoms with E-state index in [4.69, 9.17) is 13.9 Å². The molecular formula is C32H29NO5. The van der Waals surface area contributed by atoms with Gasteiger partial charge in [-0.2, -0.15) is 0 Å². The zero-order valence-corrected chi connectivity index (χ0v) is 21.7. The number of rotatable bonds is 9. The van der Waals surface area contributed by atoms with Crippen LogP contribution in [0.4, 0.5) is 0 Å². The minimum atomic E-state index is -0.123. The quantitative estimate of drug-likeness (QED) is 0.170. The molecule has 0 saturated heterocycles. The van der Waals surface area contributed by atoms with Crippen LogP contribution in [0.15, 0.2) is 94.1 Å². The average molecular weight is 508 g/mol. The molecule has 0 aliphatic heterocycles. The van der Waals surface area contributed by atoms with E-state index in [-0.39, 0.29) is 11.2 Å². The largest absolute Gasteiger partial charge is 0.488 e. The highest BCUT2D eigenvalue weighted by Gasteiger charge is 2.15. The number of hydrogen-bond acceptors (Lipinski definition) is 6. The zero-order chi connectivity index (χ0) is 26.6. The number of ether oxygens (including phenoxy) is 2. The summed E-state index contributed by atoms with van der Waals surface area (Å²) in [5, 5.41) is 0.942. The summed E-state index contributed by atoms with van der Waals surface area (Å²) < 4.78 is 18.3. The predicted octanol–water partition coefficient (Wildman–Crippen LogP) is 6.41. The number of nitrogens with zero attached hydrogens (tertiary/aromatic N) is 1. The van der Waals surface area contributed by atoms with E-state index in [1.165, 1.54) is 0 Å². The molecule has 1 heterocycles. The number of Topliss-reactive ketones (excluding diaryl/α,β-unsaturated/α-hetero) is 1. The SMILES string of the molecule is Cc1cc(OCCN(C)C)c2oc3cc(Oc4cccc(C(=O)Cc5ccccc5)c4)ccc3c(=O)c2c1. The van der Waals surface area contributed by atoms with E-state index in [1.807, 2.05) is 68.4 Å². The van der Waals surface area contributed by atoms with Crippen LogP contribution in [0.25, 0.3) is 21.9 Å². The van der Waals surface area contributed by atoms with E-state index in [0.29, 0.717) is 57.8 Å². The first-order valence-electron chi connectivity index (χ1n) is 12.5. The van der Waals surface area contributed by atoms with Crippen molar-refractivity contribution in [1.29, 1.82) is 0 Å². The summed E-state index contributed by atoms with van der Waals surface area (Å²) in [5.41, 5.74) is 3.14. The van der Waals surface area contributed by atoms with E-state index < -0.39 is 0 Å². The fraction of sp³-hybridized carbons (Fsp3) is 0.188. The molecular weight excluding hydrogens is 478 g/mol. The maximum Gasteiger partial charge on any atom is 0.200 e. The molecule has 0 bridgehead atoms. The van der Waals surface area contributed by atoms with Crippen molar-refractivity contribution >= 4 is 27.7 Å². The van der Waals surface area contributed by atoms with Crippen molar-refractivity contribution in [2.75, 3.05) is 27.2 Å². The second-order valence-corrected chi connectivity index (χ2v) is 9.60. The summed E-state index contributed by atoms with van der Waals surface area (Å²) >= 11 is 0. The maximum absolute atomic E-state index is 13.3. The minimum Gasteiger partial charge on any atom is -0.488 e. The fourth-order valence-electron chi connectivity index (χ4n) is 4.30. The second-order valence-electron chi connectivity index (χ2n) is 9.60. The molecule has 192 valence electrons. The Morgan fingerprint density at radius 1 is 0.868 bits per heavy atom. The first-order valence-corrected chi connectivity index (χ1v) is 12.5. The highest BCUT2D eigenvalue weighted by atomic mass is 16.5. The van der Waals surface area contributed by atoms with Crippen LogP contribution < -0.4 is 14.9 Å². The van der Waals surface area contributed by atoms with Crippen molar-refractivity contribution < 1.29 is 18.7 Å². The Labute approximate surface area is 221 Å². The second kappa shape index (κ2) is 10.9. The normalized spacial score (nSPS) is 11.3. The average Bonchev–Trinajstić information content (AvgIpc) is 2.90. The molecule has 5 aromatic rings. The fourth-order valence-corrected chi connectivity index (χ4v) is 4.30. The van der Waals surface area contributed by atoms with Gasteiger partial charge >= 0.3 is 0 Å². The number of carbonyl (C=O) groups is 1. The monoisotopic (exact) mass is 507 g/mol. The molecule has 0 radical (unpaired) electrons. The molecule has 6 heteroatoms. The van der Waals surface area contributed by atoms with Crippen LogP contribution in [0.2, 0.25) is 0 Å². The number of fused-ring (bicyclic) bond motifs is 2. The number of likely N-dealkylation sites (N-methyl/N-ethyl adjacent to an activating group) is 1. The molecule has 6 nitrogen and oxygen atoms in total. The van der Waals surface area contributed by atoms with E-state index in [1.54, 1.807) is 42.5 Å². The Morgan fingerprint density at radius 2 is 1.66 bits per heavy atom. The molecule has 0 N–H and O–H groups in total. The molecule has 0 spiro atoms. The van der Waals surface area contributed by atoms with Gasteiger partial charge in [-0.3, -0.25) is 9.59 Å². The Balaban J connectivity index is 1.44. The molecule has 0 aliphatic carbocycles. The van der Waals surface area contributed by atoms with Crippen molar-refractivity contribution in [2.45, 2.75) is 13.3 Å². The maximum atomic E-state index is 13.3. The van der Waals surface area contributed by atoms with Gasteiger partial charge in [0, 0.05) is 24.6 Å². The number of benzene rings is 4. The molecule has 0 unspecified atom stereocenters. The minimum absolute atomic E-state index is 0.00900. The van der Waals surface area contributed by atoms with Crippen LogP contribution in [0.3, 0.4) is 0 Å². The zero-order valence-electron chi connectivity index (χ0n) is 21.7. The molecule has 0 aliphatic rings. The van der Waals surface area contributed by atoms with Crippen LogP contribution in [-0.4, -0.2) is 37.9 Å². The standard InChI is InChI=1S/C32H29NO5/c1-21-16-27-31(35)26-13-12-25(20-29(26)38-32(27)30(17-21)36-15-14-33(2)3)37-24-11-7-10-23(19-24)28(34)18-22-8-5-4-6-9-22/h4-13,16-17,19-20H,14-15,18H2,1-3H3. The van der Waals surface area contributed by atoms with Crippen LogP contribution in [0.5, 0.6) is 17.2 Å². The molecule has 0 saturated carbocycles. The Bertz CT molecular complexity index is 1670. The van der Waals surface area contributed by atoms with Crippen molar-refractivity contribution in [1.82, 2.24) is 4.90 Å². The molecule has 0 fully saturated rings. The third-order valence-corrected chi connectivity index (χ3v) is 6.25. The van der Waals surface area contributed by atoms with Gasteiger partial charge in [-0.15, -0.1) is 0 Å². The van der Waals surface area contributed by atoms with E-state index in [0.717, 1.165) is 17.7 Å². The first kappa shape index (κ1) is 25.2. The predicted molar refractivity (Wildman–Crippen MR) is 150 cm³/mol. The van der Waals surface area contributed by atoms with Gasteiger partial charge in [0.15, 0.2) is 17.1 Å². The summed E-state index contributed by atoms with van der Waals surface area (Å²) in [4.78, 5) is 28.1. The lowest BCUT2D eigenvalue weighted by molar-refractivity contribution is 0.0992. The van der Waals surface area contributed by atoms with Gasteiger partial charge in [-0.1, -0.05) is 42.5 Å². The summed E-state index contributed by atoms with van der Waals surface area (Å²) in [7, 11) is 3.95. The summed E-state index contributed by atoms with van der Waals surface area (Å²) in [6.45, 7) is 3.13. The Kier molecular flexibility index (Phi) is 7.24. The molecule has 4 aromatic carbocycles. The van der Waals surface area contributed by atoms with Crippen LogP contribution in [-0.2, 0) is 6.42 Å². The third kappa shape index (κ3) is 5.61. The van der Waals surface area contributed by atoms with Gasteiger partial charge in [-0.25, -0.2) is 0 Å². The van der Waals surface area contributed by atoms with Crippen molar-refractivity contribution in [3.8, 4) is 17.2 Å². The number of aryl methyl sites for hydroxylation is 1. The smallest absolute Gasteiger partial charge is 0.200 e. The number of carbonyl (C=O) groups excluding carboxylic acids is 1. The van der Waals surface area contributed by atoms with E-state index in [2.05, 4.69) is 0 Å². The van der Waals surface area contributed by atoms with Crippen molar-refractivity contribution in [2.24, 2.45) is 0 Å². The summed E-state index contributed by atoms with van der Waals surface area (Å²) in [6.07, 6.45) is 0.316. The lowest BCUT2D eigenvalue weighted by Gasteiger charge is -2.13. The van der Waals surface area contributed by atoms with Gasteiger partial charge in [0.2, 0.25) is 5.43 Å². The van der Waals surface area contributed by atoms with Gasteiger partial charge in [0.25, 0.3) is 0 Å². The Hall–Kier alpha value is -4.42. The van der Waals surface area contributed by atoms with E-state index in [9.17, 15) is 9.59 Å². The lowest BCUT2D eigenvalue weighted by Crippen LogP contribution is -2.19. The van der Waals surface area contributed by atoms with Gasteiger partial charge < -0.3 is 18.8 Å². The number of hydrogen-bond donors (Lipinski definition) is 0. The van der Waals surface area contributed by atoms with Gasteiger partial charge in [0.05, 0.1) is 10.8 Å². The topological polar surface area (TPSA) is 69.0 Å². The van der Waals surface area contributed by atoms with Crippen molar-refractivity contribution in [3.63, 3.8) is 0 Å². The first-order chi connectivity index (χ1) is 18.4. The molecule has 0 atom stereocenters. The number of ketones is 1. The van der Waals surface area contributed by atoms with Crippen molar-refractivity contribution in [3.05, 3.63) is 112 Å². The van der Waals surface area contributed by atoms with Gasteiger partial charge in [-0.05, 0) is 68.5 Å². The summed E-state index contributed by atoms with van der Waals surface area (Å²) in [5.74, 6) is 1.57. The molecule has 5 rings (SSSR count). The molecule has 0 amide bonds. The van der Waals surface area contributed by atoms with Crippen LogP contribution >= 0.6 is 0 Å². The van der Waals surface area contributed by atoms with Gasteiger partial charge in [0.1, 0.15) is 23.7 Å². The summed E-state index contributed by atoms with van der Waals surface area (Å²) in [6, 6.07) is 25.6. The highest BCUT2D eigenvalue weighted by Crippen LogP contribution is 2.31. The molecule has 1 aromatic heterocycles. The highest BCUT2D eigenvalue weighted by molar-refractivity contribution is 5.98. The third-order valence-electron chi connectivity index (χ3n) is 6.25. The molecule has 38 heavy (non-hydrogen) atoms. The van der Waals surface area contributed by atoms with E-state index >= 15 is 0 Å². The lowest BCUT2D eigenvalue weighted by atomic mass is 10.0. The van der Waals surface area contributed by atoms with Crippen LogP contribution in [0.1, 0.15) is 21.5 Å². The van der Waals surface area contributed by atoms with Crippen LogP contribution in [0, 0.1) is 6.92 Å². The Morgan fingerprint density at radius 3 is 2.45 bits per heavy atom.